The molecule has 3 rings (SSSR count). The molecule has 1 N–H and O–H groups in total. The number of fused-ring (bicyclic) bond motifs is 1. The molecule has 0 saturated heterocycles. The second kappa shape index (κ2) is 5.29. The minimum Gasteiger partial charge on any atom is -0.486 e. The van der Waals surface area contributed by atoms with Crippen LogP contribution in [-0.2, 0) is 0 Å². The number of anilines is 2. The predicted octanol–water partition coefficient (Wildman–Crippen LogP) is 3.35. The first-order valence-electron chi connectivity index (χ1n) is 6.23. The van der Waals surface area contributed by atoms with E-state index in [-0.39, 0.29) is 11.3 Å². The first-order valence-corrected chi connectivity index (χ1v) is 6.23. The van der Waals surface area contributed by atoms with Crippen molar-refractivity contribution in [2.45, 2.75) is 0 Å². The van der Waals surface area contributed by atoms with Crippen LogP contribution < -0.4 is 14.8 Å². The number of benzene rings is 2. The van der Waals surface area contributed by atoms with Crippen LogP contribution in [0.3, 0.4) is 0 Å². The Morgan fingerprint density at radius 1 is 1.00 bits per heavy atom. The fraction of sp³-hybridized carbons (Fsp3) is 0.133. The smallest absolute Gasteiger partial charge is 0.163 e. The van der Waals surface area contributed by atoms with Crippen LogP contribution in [-0.4, -0.2) is 13.2 Å². The van der Waals surface area contributed by atoms with Crippen molar-refractivity contribution in [1.29, 1.82) is 5.26 Å². The third kappa shape index (κ3) is 2.58. The van der Waals surface area contributed by atoms with Crippen LogP contribution in [0.2, 0.25) is 0 Å². The Kier molecular flexibility index (Phi) is 3.32. The van der Waals surface area contributed by atoms with Gasteiger partial charge in [0.1, 0.15) is 18.9 Å². The Bertz CT molecular complexity index is 718. The van der Waals surface area contributed by atoms with Crippen molar-refractivity contribution in [1.82, 2.24) is 0 Å². The molecular formula is C15H10F2N2O2. The normalized spacial score (nSPS) is 12.6. The molecule has 0 radical (unpaired) electrons. The average Bonchev–Trinajstić information content (AvgIpc) is 2.50. The molecule has 0 amide bonds. The maximum absolute atomic E-state index is 13.8. The lowest BCUT2D eigenvalue weighted by Crippen LogP contribution is -2.15. The monoisotopic (exact) mass is 288 g/mol. The maximum atomic E-state index is 13.8. The van der Waals surface area contributed by atoms with Gasteiger partial charge in [0.2, 0.25) is 0 Å². The van der Waals surface area contributed by atoms with Gasteiger partial charge in [0.15, 0.2) is 23.1 Å². The molecule has 0 aromatic heterocycles. The van der Waals surface area contributed by atoms with E-state index >= 15 is 0 Å². The molecule has 0 spiro atoms. The molecule has 0 atom stereocenters. The van der Waals surface area contributed by atoms with Crippen LogP contribution in [0.1, 0.15) is 5.56 Å². The number of rotatable bonds is 2. The molecule has 0 unspecified atom stereocenters. The fourth-order valence-electron chi connectivity index (χ4n) is 2.02. The van der Waals surface area contributed by atoms with Crippen LogP contribution >= 0.6 is 0 Å². The lowest BCUT2D eigenvalue weighted by molar-refractivity contribution is 0.171. The predicted molar refractivity (Wildman–Crippen MR) is 71.8 cm³/mol. The Morgan fingerprint density at radius 3 is 2.33 bits per heavy atom. The molecule has 1 aliphatic heterocycles. The zero-order chi connectivity index (χ0) is 14.8. The molecule has 6 heteroatoms. The summed E-state index contributed by atoms with van der Waals surface area (Å²) < 4.78 is 38.4. The minimum absolute atomic E-state index is 0.0716. The van der Waals surface area contributed by atoms with Crippen LogP contribution in [0.4, 0.5) is 20.2 Å². The summed E-state index contributed by atoms with van der Waals surface area (Å²) in [5.41, 5.74) is 0.0742. The third-order valence-electron chi connectivity index (χ3n) is 2.98. The first kappa shape index (κ1) is 13.2. The van der Waals surface area contributed by atoms with Gasteiger partial charge >= 0.3 is 0 Å². The van der Waals surface area contributed by atoms with E-state index in [4.69, 9.17) is 14.7 Å². The van der Waals surface area contributed by atoms with E-state index in [1.54, 1.807) is 24.3 Å². The second-order valence-electron chi connectivity index (χ2n) is 4.41. The van der Waals surface area contributed by atoms with E-state index in [1.807, 2.05) is 0 Å². The topological polar surface area (TPSA) is 54.3 Å². The molecule has 1 aliphatic rings. The van der Waals surface area contributed by atoms with Crippen molar-refractivity contribution in [2.75, 3.05) is 18.5 Å². The van der Waals surface area contributed by atoms with E-state index in [9.17, 15) is 8.78 Å². The van der Waals surface area contributed by atoms with Crippen molar-refractivity contribution < 1.29 is 18.3 Å². The summed E-state index contributed by atoms with van der Waals surface area (Å²) in [4.78, 5) is 0. The highest BCUT2D eigenvalue weighted by molar-refractivity contribution is 5.65. The van der Waals surface area contributed by atoms with E-state index in [0.29, 0.717) is 30.4 Å². The zero-order valence-electron chi connectivity index (χ0n) is 10.8. The SMILES string of the molecule is N#Cc1cc(F)c(Nc2ccc3c(c2)OCCO3)c(F)c1. The molecule has 1 heterocycles. The Hall–Kier alpha value is -2.81. The Morgan fingerprint density at radius 2 is 1.67 bits per heavy atom. The number of hydrogen-bond acceptors (Lipinski definition) is 4. The van der Waals surface area contributed by atoms with Crippen LogP contribution in [0.5, 0.6) is 11.5 Å². The molecule has 2 aromatic carbocycles. The van der Waals surface area contributed by atoms with Crippen LogP contribution in [0.25, 0.3) is 0 Å². The molecule has 106 valence electrons. The fourth-order valence-corrected chi connectivity index (χ4v) is 2.02. The molecule has 0 bridgehead atoms. The summed E-state index contributed by atoms with van der Waals surface area (Å²) in [6.07, 6.45) is 0. The van der Waals surface area contributed by atoms with Crippen molar-refractivity contribution in [3.63, 3.8) is 0 Å². The summed E-state index contributed by atoms with van der Waals surface area (Å²) in [6.45, 7) is 0.898. The number of hydrogen-bond donors (Lipinski definition) is 1. The highest BCUT2D eigenvalue weighted by atomic mass is 19.1. The number of ether oxygens (including phenoxy) is 2. The van der Waals surface area contributed by atoms with Gasteiger partial charge < -0.3 is 14.8 Å². The molecule has 21 heavy (non-hydrogen) atoms. The molecule has 0 aliphatic carbocycles. The lowest BCUT2D eigenvalue weighted by Gasteiger charge is -2.19. The summed E-state index contributed by atoms with van der Waals surface area (Å²) >= 11 is 0. The summed E-state index contributed by atoms with van der Waals surface area (Å²) in [7, 11) is 0. The van der Waals surface area contributed by atoms with Gasteiger partial charge in [-0.25, -0.2) is 8.78 Å². The summed E-state index contributed by atoms with van der Waals surface area (Å²) in [5, 5.41) is 11.3. The lowest BCUT2D eigenvalue weighted by atomic mass is 10.2. The van der Waals surface area contributed by atoms with Crippen molar-refractivity contribution in [3.05, 3.63) is 47.5 Å². The van der Waals surface area contributed by atoms with E-state index in [1.165, 1.54) is 0 Å². The quantitative estimate of drug-likeness (QED) is 0.920. The Balaban J connectivity index is 1.92. The van der Waals surface area contributed by atoms with Crippen molar-refractivity contribution >= 4 is 11.4 Å². The molecule has 2 aromatic rings. The number of nitrogens with one attached hydrogen (secondary N) is 1. The van der Waals surface area contributed by atoms with Crippen molar-refractivity contribution in [2.24, 2.45) is 0 Å². The van der Waals surface area contributed by atoms with Crippen LogP contribution in [0, 0.1) is 23.0 Å². The van der Waals surface area contributed by atoms with E-state index in [0.717, 1.165) is 12.1 Å². The average molecular weight is 288 g/mol. The van der Waals surface area contributed by atoms with E-state index in [2.05, 4.69) is 5.32 Å². The molecule has 4 nitrogen and oxygen atoms in total. The highest BCUT2D eigenvalue weighted by Crippen LogP contribution is 2.34. The first-order chi connectivity index (χ1) is 10.2. The van der Waals surface area contributed by atoms with Gasteiger partial charge in [-0.15, -0.1) is 0 Å². The van der Waals surface area contributed by atoms with Gasteiger partial charge in [-0.05, 0) is 24.3 Å². The maximum Gasteiger partial charge on any atom is 0.163 e. The Labute approximate surface area is 119 Å². The number of halogens is 2. The highest BCUT2D eigenvalue weighted by Gasteiger charge is 2.15. The van der Waals surface area contributed by atoms with Gasteiger partial charge in [0, 0.05) is 11.8 Å². The largest absolute Gasteiger partial charge is 0.486 e. The van der Waals surface area contributed by atoms with Gasteiger partial charge in [0.25, 0.3) is 0 Å². The molecule has 0 fully saturated rings. The number of nitrogens with zero attached hydrogens (tertiary/aromatic N) is 1. The van der Waals surface area contributed by atoms with Gasteiger partial charge in [-0.2, -0.15) is 5.26 Å². The third-order valence-corrected chi connectivity index (χ3v) is 2.98. The second-order valence-corrected chi connectivity index (χ2v) is 4.41. The summed E-state index contributed by atoms with van der Waals surface area (Å²) in [6, 6.07) is 8.54. The van der Waals surface area contributed by atoms with Gasteiger partial charge in [-0.3, -0.25) is 0 Å². The summed E-state index contributed by atoms with van der Waals surface area (Å²) in [5.74, 6) is -0.559. The number of nitriles is 1. The zero-order valence-corrected chi connectivity index (χ0v) is 10.8. The van der Waals surface area contributed by atoms with Crippen LogP contribution in [0.15, 0.2) is 30.3 Å². The van der Waals surface area contributed by atoms with Crippen molar-refractivity contribution in [3.8, 4) is 17.6 Å². The van der Waals surface area contributed by atoms with Gasteiger partial charge in [-0.1, -0.05) is 0 Å². The molecule has 0 saturated carbocycles. The minimum atomic E-state index is -0.832. The molecular weight excluding hydrogens is 278 g/mol. The van der Waals surface area contributed by atoms with E-state index < -0.39 is 11.6 Å². The van der Waals surface area contributed by atoms with Gasteiger partial charge in [0.05, 0.1) is 11.6 Å². The standard InChI is InChI=1S/C15H10F2N2O2/c16-11-5-9(8-18)6-12(17)15(11)19-10-1-2-13-14(7-10)21-4-3-20-13/h1-2,5-7,19H,3-4H2.